The Kier molecular flexibility index (Phi) is 8.77. The van der Waals surface area contributed by atoms with Crippen molar-refractivity contribution >= 4 is 22.3 Å². The molecule has 1 atom stereocenters. The quantitative estimate of drug-likeness (QED) is 0.172. The van der Waals surface area contributed by atoms with E-state index in [0.717, 1.165) is 86.3 Å². The highest BCUT2D eigenvalue weighted by Gasteiger charge is 2.27. The van der Waals surface area contributed by atoms with Gasteiger partial charge in [0.25, 0.3) is 0 Å². The highest BCUT2D eigenvalue weighted by atomic mass is 14.9. The standard InChI is InChI=1S/C52H38N4/c1-2-10-22-46-42(18-5-1)33-45-50(54-47-23-12-11-21-44(47)51(45)53-46)40-30-26-37(27-31-40)41-19-13-20-43(32-41)52-55-48(38-16-8-4-9-17-38)34-49(56-52)39-28-24-36(25-29-39)35-14-6-3-7-15-35/h1-4,6-17,19-32,34,42H,5,18,33H2. The molecule has 2 aromatic heterocycles. The first-order valence-electron chi connectivity index (χ1n) is 19.4. The zero-order valence-corrected chi connectivity index (χ0v) is 30.9. The summed E-state index contributed by atoms with van der Waals surface area (Å²) in [6.45, 7) is 0. The molecule has 0 fully saturated rings. The van der Waals surface area contributed by atoms with Gasteiger partial charge in [-0.05, 0) is 65.8 Å². The summed E-state index contributed by atoms with van der Waals surface area (Å²) in [5, 5.41) is 1.11. The first-order valence-corrected chi connectivity index (χ1v) is 19.4. The zero-order valence-electron chi connectivity index (χ0n) is 30.9. The van der Waals surface area contributed by atoms with E-state index >= 15 is 0 Å². The van der Waals surface area contributed by atoms with Crippen LogP contribution < -0.4 is 0 Å². The maximum atomic E-state index is 5.30. The van der Waals surface area contributed by atoms with Gasteiger partial charge in [-0.25, -0.2) is 15.0 Å². The Morgan fingerprint density at radius 2 is 1.05 bits per heavy atom. The summed E-state index contributed by atoms with van der Waals surface area (Å²) in [5.41, 5.74) is 16.0. The molecule has 1 aliphatic carbocycles. The van der Waals surface area contributed by atoms with Crippen LogP contribution in [0.1, 0.15) is 18.4 Å². The zero-order chi connectivity index (χ0) is 37.3. The molecule has 266 valence electrons. The summed E-state index contributed by atoms with van der Waals surface area (Å²) >= 11 is 0. The van der Waals surface area contributed by atoms with E-state index in [1.807, 2.05) is 12.1 Å². The topological polar surface area (TPSA) is 51.0 Å². The minimum atomic E-state index is 0.379. The highest BCUT2D eigenvalue weighted by Crippen LogP contribution is 2.42. The molecule has 4 heteroatoms. The third kappa shape index (κ3) is 6.56. The van der Waals surface area contributed by atoms with Gasteiger partial charge < -0.3 is 0 Å². The van der Waals surface area contributed by atoms with E-state index in [1.54, 1.807) is 0 Å². The highest BCUT2D eigenvalue weighted by molar-refractivity contribution is 6.06. The summed E-state index contributed by atoms with van der Waals surface area (Å²) in [6.07, 6.45) is 11.8. The Morgan fingerprint density at radius 3 is 1.82 bits per heavy atom. The van der Waals surface area contributed by atoms with E-state index in [2.05, 4.69) is 176 Å². The summed E-state index contributed by atoms with van der Waals surface area (Å²) < 4.78 is 0. The number of rotatable bonds is 6. The number of hydrogen-bond acceptors (Lipinski definition) is 4. The molecule has 1 unspecified atom stereocenters. The van der Waals surface area contributed by atoms with Crippen molar-refractivity contribution in [3.05, 3.63) is 194 Å². The number of benzene rings is 6. The number of aromatic nitrogens is 3. The molecule has 1 aliphatic heterocycles. The predicted molar refractivity (Wildman–Crippen MR) is 232 cm³/mol. The van der Waals surface area contributed by atoms with Crippen LogP contribution in [0.25, 0.3) is 78.3 Å². The molecular weight excluding hydrogens is 681 g/mol. The van der Waals surface area contributed by atoms with Crippen LogP contribution in [0, 0.1) is 5.92 Å². The molecular formula is C52H38N4. The summed E-state index contributed by atoms with van der Waals surface area (Å²) in [6, 6.07) is 57.3. The average molecular weight is 719 g/mol. The van der Waals surface area contributed by atoms with Gasteiger partial charge in [0.15, 0.2) is 5.82 Å². The number of allylic oxidation sites excluding steroid dienone is 4. The molecule has 4 nitrogen and oxygen atoms in total. The maximum Gasteiger partial charge on any atom is 0.160 e. The van der Waals surface area contributed by atoms with Gasteiger partial charge in [0.1, 0.15) is 0 Å². The minimum absolute atomic E-state index is 0.379. The van der Waals surface area contributed by atoms with E-state index in [9.17, 15) is 0 Å². The molecule has 0 spiro atoms. The van der Waals surface area contributed by atoms with Crippen molar-refractivity contribution in [3.63, 3.8) is 0 Å². The molecule has 0 radical (unpaired) electrons. The van der Waals surface area contributed by atoms with Crippen LogP contribution in [0.15, 0.2) is 193 Å². The van der Waals surface area contributed by atoms with Crippen molar-refractivity contribution in [1.82, 2.24) is 15.0 Å². The van der Waals surface area contributed by atoms with E-state index in [4.69, 9.17) is 19.9 Å². The number of nitrogens with zero attached hydrogens (tertiary/aromatic N) is 4. The number of pyridine rings is 1. The fraction of sp³-hybridized carbons (Fsp3) is 0.0769. The lowest BCUT2D eigenvalue weighted by atomic mass is 9.83. The Balaban J connectivity index is 1.01. The Bertz CT molecular complexity index is 2800. The van der Waals surface area contributed by atoms with Gasteiger partial charge in [0, 0.05) is 44.8 Å². The fourth-order valence-electron chi connectivity index (χ4n) is 8.02. The molecule has 0 amide bonds. The summed E-state index contributed by atoms with van der Waals surface area (Å²) in [4.78, 5) is 20.8. The second kappa shape index (κ2) is 14.7. The monoisotopic (exact) mass is 718 g/mol. The first-order chi connectivity index (χ1) is 27.7. The van der Waals surface area contributed by atoms with Crippen LogP contribution in [0.3, 0.4) is 0 Å². The van der Waals surface area contributed by atoms with Gasteiger partial charge in [-0.3, -0.25) is 4.99 Å². The van der Waals surface area contributed by atoms with E-state index in [0.29, 0.717) is 11.7 Å². The molecule has 0 bridgehead atoms. The molecule has 8 aromatic rings. The molecule has 56 heavy (non-hydrogen) atoms. The molecule has 0 saturated carbocycles. The van der Waals surface area contributed by atoms with Gasteiger partial charge in [0.05, 0.1) is 28.3 Å². The van der Waals surface area contributed by atoms with Crippen molar-refractivity contribution in [2.24, 2.45) is 10.9 Å². The number of para-hydroxylation sites is 1. The van der Waals surface area contributed by atoms with Crippen molar-refractivity contribution in [1.29, 1.82) is 0 Å². The summed E-state index contributed by atoms with van der Waals surface area (Å²) in [5.74, 6) is 1.07. The SMILES string of the molecule is C1=CCCC2Cc3c(-c4ccc(-c5cccc(-c6nc(-c7ccccc7)cc(-c7ccc(-c8ccccc8)cc7)n6)c5)cc4)nc4ccccc4c3N=C2C=C1. The summed E-state index contributed by atoms with van der Waals surface area (Å²) in [7, 11) is 0. The van der Waals surface area contributed by atoms with E-state index in [-0.39, 0.29) is 0 Å². The van der Waals surface area contributed by atoms with E-state index < -0.39 is 0 Å². The van der Waals surface area contributed by atoms with Crippen LogP contribution in [0.4, 0.5) is 5.69 Å². The van der Waals surface area contributed by atoms with Crippen LogP contribution in [-0.4, -0.2) is 20.7 Å². The largest absolute Gasteiger partial charge is 0.252 e. The van der Waals surface area contributed by atoms with E-state index in [1.165, 1.54) is 22.4 Å². The number of fused-ring (bicyclic) bond motifs is 4. The lowest BCUT2D eigenvalue weighted by Crippen LogP contribution is -2.20. The van der Waals surface area contributed by atoms with Crippen LogP contribution in [0.2, 0.25) is 0 Å². The Labute approximate surface area is 327 Å². The van der Waals surface area contributed by atoms with Gasteiger partial charge in [-0.1, -0.05) is 164 Å². The molecule has 0 saturated heterocycles. The minimum Gasteiger partial charge on any atom is -0.252 e. The number of aliphatic imine (C=N–C) groups is 1. The van der Waals surface area contributed by atoms with Gasteiger partial charge >= 0.3 is 0 Å². The Morgan fingerprint density at radius 1 is 0.464 bits per heavy atom. The second-order valence-corrected chi connectivity index (χ2v) is 14.5. The molecule has 10 rings (SSSR count). The molecule has 2 aliphatic rings. The number of hydrogen-bond donors (Lipinski definition) is 0. The lowest BCUT2D eigenvalue weighted by Gasteiger charge is -2.26. The van der Waals surface area contributed by atoms with Gasteiger partial charge in [0.2, 0.25) is 0 Å². The Hall–Kier alpha value is -7.04. The fourth-order valence-corrected chi connectivity index (χ4v) is 8.02. The molecule has 3 heterocycles. The van der Waals surface area contributed by atoms with Crippen LogP contribution in [0.5, 0.6) is 0 Å². The first kappa shape index (κ1) is 33.5. The van der Waals surface area contributed by atoms with Crippen molar-refractivity contribution in [2.45, 2.75) is 19.3 Å². The normalized spacial score (nSPS) is 14.7. The second-order valence-electron chi connectivity index (χ2n) is 14.5. The van der Waals surface area contributed by atoms with Crippen LogP contribution in [-0.2, 0) is 6.42 Å². The smallest absolute Gasteiger partial charge is 0.160 e. The maximum absolute atomic E-state index is 5.30. The third-order valence-corrected chi connectivity index (χ3v) is 11.0. The average Bonchev–Trinajstić information content (AvgIpc) is 3.27. The van der Waals surface area contributed by atoms with Crippen molar-refractivity contribution in [2.75, 3.05) is 0 Å². The van der Waals surface area contributed by atoms with Gasteiger partial charge in [-0.2, -0.15) is 0 Å². The van der Waals surface area contributed by atoms with Crippen molar-refractivity contribution in [3.8, 4) is 67.4 Å². The predicted octanol–water partition coefficient (Wildman–Crippen LogP) is 13.2. The molecule has 0 N–H and O–H groups in total. The van der Waals surface area contributed by atoms with Gasteiger partial charge in [-0.15, -0.1) is 0 Å². The molecule has 6 aromatic carbocycles. The lowest BCUT2D eigenvalue weighted by molar-refractivity contribution is 0.624. The third-order valence-electron chi connectivity index (χ3n) is 11.0. The van der Waals surface area contributed by atoms with Crippen molar-refractivity contribution < 1.29 is 0 Å². The van der Waals surface area contributed by atoms with Crippen LogP contribution >= 0.6 is 0 Å².